The Morgan fingerprint density at radius 3 is 2.88 bits per heavy atom. The minimum absolute atomic E-state index is 0.220. The molecule has 5 heteroatoms. The van der Waals surface area contributed by atoms with Gasteiger partial charge in [-0.05, 0) is 35.3 Å². The Bertz CT molecular complexity index is 395. The van der Waals surface area contributed by atoms with Crippen LogP contribution in [0.1, 0.15) is 12.0 Å². The van der Waals surface area contributed by atoms with Crippen molar-refractivity contribution in [1.29, 1.82) is 0 Å². The summed E-state index contributed by atoms with van der Waals surface area (Å²) in [6.45, 7) is 1.64. The number of fused-ring (bicyclic) bond motifs is 1. The molecule has 2 rings (SSSR count). The number of nitrogens with two attached hydrogens (primary N) is 1. The zero-order chi connectivity index (χ0) is 11.5. The number of benzene rings is 1. The van der Waals surface area contributed by atoms with Crippen molar-refractivity contribution >= 4 is 15.9 Å². The molecule has 0 spiro atoms. The molecule has 4 nitrogen and oxygen atoms in total. The van der Waals surface area contributed by atoms with Gasteiger partial charge in [0.1, 0.15) is 19.0 Å². The summed E-state index contributed by atoms with van der Waals surface area (Å²) >= 11 is 3.30. The van der Waals surface area contributed by atoms with Crippen molar-refractivity contribution in [2.45, 2.75) is 12.8 Å². The quantitative estimate of drug-likeness (QED) is 0.890. The average molecular weight is 288 g/mol. The van der Waals surface area contributed by atoms with Crippen LogP contribution in [0.2, 0.25) is 0 Å². The second-order valence-corrected chi connectivity index (χ2v) is 4.46. The van der Waals surface area contributed by atoms with Gasteiger partial charge in [-0.2, -0.15) is 0 Å². The summed E-state index contributed by atoms with van der Waals surface area (Å²) < 4.78 is 11.7. The van der Waals surface area contributed by atoms with Crippen LogP contribution < -0.4 is 15.2 Å². The summed E-state index contributed by atoms with van der Waals surface area (Å²) in [5.41, 5.74) is 6.25. The van der Waals surface area contributed by atoms with Crippen molar-refractivity contribution < 1.29 is 14.6 Å². The van der Waals surface area contributed by atoms with Gasteiger partial charge >= 0.3 is 0 Å². The first-order valence-corrected chi connectivity index (χ1v) is 6.03. The van der Waals surface area contributed by atoms with Gasteiger partial charge in [-0.15, -0.1) is 0 Å². The maximum atomic E-state index is 9.96. The molecule has 1 heterocycles. The van der Waals surface area contributed by atoms with Crippen molar-refractivity contribution in [3.05, 3.63) is 16.1 Å². The number of phenols is 1. The van der Waals surface area contributed by atoms with E-state index in [-0.39, 0.29) is 5.75 Å². The average Bonchev–Trinajstić information content (AvgIpc) is 2.30. The molecule has 0 bridgehead atoms. The van der Waals surface area contributed by atoms with Crippen molar-refractivity contribution in [3.8, 4) is 17.2 Å². The lowest BCUT2D eigenvalue weighted by atomic mass is 10.1. The molecule has 0 radical (unpaired) electrons. The molecule has 0 amide bonds. The monoisotopic (exact) mass is 287 g/mol. The molecule has 0 aliphatic carbocycles. The smallest absolute Gasteiger partial charge is 0.168 e. The van der Waals surface area contributed by atoms with Crippen LogP contribution in [0.3, 0.4) is 0 Å². The van der Waals surface area contributed by atoms with Crippen LogP contribution in [-0.4, -0.2) is 24.9 Å². The first-order valence-electron chi connectivity index (χ1n) is 5.24. The van der Waals surface area contributed by atoms with Crippen molar-refractivity contribution in [2.75, 3.05) is 19.8 Å². The number of hydrogen-bond acceptors (Lipinski definition) is 4. The molecule has 1 aliphatic heterocycles. The summed E-state index contributed by atoms with van der Waals surface area (Å²) in [5.74, 6) is 1.56. The molecule has 3 N–H and O–H groups in total. The summed E-state index contributed by atoms with van der Waals surface area (Å²) in [6, 6.07) is 1.73. The van der Waals surface area contributed by atoms with Crippen LogP contribution >= 0.6 is 15.9 Å². The Labute approximate surface area is 102 Å². The Kier molecular flexibility index (Phi) is 3.56. The first-order chi connectivity index (χ1) is 7.74. The largest absolute Gasteiger partial charge is 0.506 e. The normalized spacial score (nSPS) is 13.9. The molecule has 0 aromatic heterocycles. The molecule has 0 saturated carbocycles. The van der Waals surface area contributed by atoms with E-state index in [0.717, 1.165) is 12.0 Å². The highest BCUT2D eigenvalue weighted by Crippen LogP contribution is 2.44. The van der Waals surface area contributed by atoms with Gasteiger partial charge in [0.15, 0.2) is 11.5 Å². The van der Waals surface area contributed by atoms with Gasteiger partial charge in [-0.3, -0.25) is 0 Å². The standard InChI is InChI=1S/C11H14BrNO3/c12-8-6-9-11(16-5-4-15-9)7(10(8)14)2-1-3-13/h6,14H,1-5,13H2. The fourth-order valence-electron chi connectivity index (χ4n) is 1.72. The number of phenolic OH excluding ortho intramolecular Hbond substituents is 1. The summed E-state index contributed by atoms with van der Waals surface area (Å²) in [7, 11) is 0. The van der Waals surface area contributed by atoms with E-state index < -0.39 is 0 Å². The van der Waals surface area contributed by atoms with Gasteiger partial charge < -0.3 is 20.3 Å². The van der Waals surface area contributed by atoms with Crippen LogP contribution in [0.15, 0.2) is 10.5 Å². The SMILES string of the molecule is NCCCc1c(O)c(Br)cc2c1OCCO2. The summed E-state index contributed by atoms with van der Waals surface area (Å²) in [6.07, 6.45) is 1.49. The Morgan fingerprint density at radius 2 is 2.12 bits per heavy atom. The highest BCUT2D eigenvalue weighted by Gasteiger charge is 2.21. The van der Waals surface area contributed by atoms with Gasteiger partial charge in [-0.1, -0.05) is 0 Å². The maximum Gasteiger partial charge on any atom is 0.168 e. The number of halogens is 1. The molecule has 0 atom stereocenters. The van der Waals surface area contributed by atoms with E-state index in [9.17, 15) is 5.11 Å². The number of rotatable bonds is 3. The Morgan fingerprint density at radius 1 is 1.38 bits per heavy atom. The third kappa shape index (κ3) is 2.10. The van der Waals surface area contributed by atoms with Crippen LogP contribution in [0.5, 0.6) is 17.2 Å². The zero-order valence-electron chi connectivity index (χ0n) is 8.83. The lowest BCUT2D eigenvalue weighted by Crippen LogP contribution is -2.17. The van der Waals surface area contributed by atoms with Gasteiger partial charge in [0.25, 0.3) is 0 Å². The fourth-order valence-corrected chi connectivity index (χ4v) is 2.17. The zero-order valence-corrected chi connectivity index (χ0v) is 10.4. The fraction of sp³-hybridized carbons (Fsp3) is 0.455. The Balaban J connectivity index is 2.41. The molecular formula is C11H14BrNO3. The summed E-state index contributed by atoms with van der Waals surface area (Å²) in [4.78, 5) is 0. The van der Waals surface area contributed by atoms with Crippen LogP contribution in [0.25, 0.3) is 0 Å². The first kappa shape index (κ1) is 11.5. The molecule has 1 aromatic carbocycles. The third-order valence-corrected chi connectivity index (χ3v) is 3.09. The van der Waals surface area contributed by atoms with E-state index in [1.165, 1.54) is 0 Å². The number of hydrogen-bond donors (Lipinski definition) is 2. The van der Waals surface area contributed by atoms with Crippen LogP contribution in [0, 0.1) is 0 Å². The minimum atomic E-state index is 0.220. The molecule has 16 heavy (non-hydrogen) atoms. The number of aromatic hydroxyl groups is 1. The van der Waals surface area contributed by atoms with Gasteiger partial charge in [0.2, 0.25) is 0 Å². The van der Waals surface area contributed by atoms with E-state index in [1.54, 1.807) is 6.07 Å². The topological polar surface area (TPSA) is 64.7 Å². The van der Waals surface area contributed by atoms with Gasteiger partial charge in [-0.25, -0.2) is 0 Å². The van der Waals surface area contributed by atoms with Gasteiger partial charge in [0, 0.05) is 11.6 Å². The highest BCUT2D eigenvalue weighted by atomic mass is 79.9. The second-order valence-electron chi connectivity index (χ2n) is 3.60. The van der Waals surface area contributed by atoms with Crippen LogP contribution in [0.4, 0.5) is 0 Å². The van der Waals surface area contributed by atoms with E-state index in [4.69, 9.17) is 15.2 Å². The highest BCUT2D eigenvalue weighted by molar-refractivity contribution is 9.10. The lowest BCUT2D eigenvalue weighted by Gasteiger charge is -2.22. The molecule has 1 aromatic rings. The van der Waals surface area contributed by atoms with E-state index in [1.807, 2.05) is 0 Å². The van der Waals surface area contributed by atoms with E-state index >= 15 is 0 Å². The Hall–Kier alpha value is -0.940. The summed E-state index contributed by atoms with van der Waals surface area (Å²) in [5, 5.41) is 9.96. The van der Waals surface area contributed by atoms with E-state index in [0.29, 0.717) is 42.2 Å². The van der Waals surface area contributed by atoms with Crippen LogP contribution in [-0.2, 0) is 6.42 Å². The molecule has 1 aliphatic rings. The number of ether oxygens (including phenoxy) is 2. The predicted molar refractivity (Wildman–Crippen MR) is 64.2 cm³/mol. The van der Waals surface area contributed by atoms with E-state index in [2.05, 4.69) is 15.9 Å². The van der Waals surface area contributed by atoms with Crippen molar-refractivity contribution in [2.24, 2.45) is 5.73 Å². The van der Waals surface area contributed by atoms with Crippen molar-refractivity contribution in [3.63, 3.8) is 0 Å². The maximum absolute atomic E-state index is 9.96. The third-order valence-electron chi connectivity index (χ3n) is 2.49. The minimum Gasteiger partial charge on any atom is -0.506 e. The molecule has 0 saturated heterocycles. The predicted octanol–water partition coefficient (Wildman–Crippen LogP) is 1.82. The molecule has 0 fully saturated rings. The molecule has 0 unspecified atom stereocenters. The van der Waals surface area contributed by atoms with Crippen molar-refractivity contribution in [1.82, 2.24) is 0 Å². The second kappa shape index (κ2) is 4.93. The van der Waals surface area contributed by atoms with Gasteiger partial charge in [0.05, 0.1) is 4.47 Å². The molecule has 88 valence electrons. The molecular weight excluding hydrogens is 274 g/mol. The lowest BCUT2D eigenvalue weighted by molar-refractivity contribution is 0.168.